The fraction of sp³-hybridized carbons (Fsp3) is 0.429. The van der Waals surface area contributed by atoms with Crippen LogP contribution < -0.4 is 10.1 Å². The number of benzene rings is 1. The van der Waals surface area contributed by atoms with Gasteiger partial charge in [-0.2, -0.15) is 0 Å². The van der Waals surface area contributed by atoms with Crippen LogP contribution in [0.2, 0.25) is 0 Å². The molecule has 19 heavy (non-hydrogen) atoms. The third-order valence-electron chi connectivity index (χ3n) is 3.02. The molecule has 0 amide bonds. The highest BCUT2D eigenvalue weighted by Gasteiger charge is 2.08. The van der Waals surface area contributed by atoms with Crippen molar-refractivity contribution in [2.24, 2.45) is 0 Å². The van der Waals surface area contributed by atoms with Gasteiger partial charge in [0.25, 0.3) is 0 Å². The number of ether oxygens (including phenoxy) is 1. The largest absolute Gasteiger partial charge is 0.487 e. The molecule has 0 saturated heterocycles. The molecule has 0 aliphatic carbocycles. The molecule has 0 spiro atoms. The Hall–Kier alpha value is -1.62. The van der Waals surface area contributed by atoms with Crippen molar-refractivity contribution < 1.29 is 4.74 Å². The zero-order chi connectivity index (χ0) is 13.8. The topological polar surface area (TPSA) is 47.0 Å². The molecule has 1 heterocycles. The Labute approximate surface area is 118 Å². The van der Waals surface area contributed by atoms with Crippen molar-refractivity contribution in [3.8, 4) is 5.75 Å². The average molecular weight is 277 g/mol. The summed E-state index contributed by atoms with van der Waals surface area (Å²) in [5, 5.41) is 8.07. The molecule has 0 aliphatic heterocycles. The molecule has 0 atom stereocenters. The number of hydrogen-bond acceptors (Lipinski definition) is 5. The second kappa shape index (κ2) is 6.02. The molecule has 102 valence electrons. The minimum atomic E-state index is 0.438. The molecule has 2 rings (SSSR count). The van der Waals surface area contributed by atoms with E-state index in [1.165, 1.54) is 22.7 Å². The van der Waals surface area contributed by atoms with Crippen molar-refractivity contribution in [2.45, 2.75) is 33.3 Å². The summed E-state index contributed by atoms with van der Waals surface area (Å²) in [7, 11) is 1.86. The van der Waals surface area contributed by atoms with Crippen LogP contribution in [0, 0.1) is 6.92 Å². The SMILES string of the molecule is CNc1snnc1COc1ccc(C(C)C)c(C)c1. The van der Waals surface area contributed by atoms with E-state index in [2.05, 4.69) is 47.8 Å². The summed E-state index contributed by atoms with van der Waals surface area (Å²) in [5.41, 5.74) is 3.47. The summed E-state index contributed by atoms with van der Waals surface area (Å²) in [6.45, 7) is 6.95. The molecule has 0 radical (unpaired) electrons. The van der Waals surface area contributed by atoms with Crippen molar-refractivity contribution in [1.29, 1.82) is 0 Å². The number of hydrogen-bond donors (Lipinski definition) is 1. The summed E-state index contributed by atoms with van der Waals surface area (Å²) in [6, 6.07) is 6.23. The van der Waals surface area contributed by atoms with Gasteiger partial charge in [0, 0.05) is 18.6 Å². The van der Waals surface area contributed by atoms with Crippen LogP contribution in [-0.4, -0.2) is 16.6 Å². The lowest BCUT2D eigenvalue weighted by atomic mass is 9.98. The van der Waals surface area contributed by atoms with Gasteiger partial charge < -0.3 is 10.1 Å². The van der Waals surface area contributed by atoms with Crippen LogP contribution in [0.25, 0.3) is 0 Å². The molecule has 2 aromatic rings. The van der Waals surface area contributed by atoms with E-state index < -0.39 is 0 Å². The Bertz CT molecular complexity index is 551. The Balaban J connectivity index is 2.06. The van der Waals surface area contributed by atoms with Gasteiger partial charge in [0.05, 0.1) is 0 Å². The average Bonchev–Trinajstić information content (AvgIpc) is 2.83. The number of aromatic nitrogens is 2. The highest BCUT2D eigenvalue weighted by molar-refractivity contribution is 7.10. The van der Waals surface area contributed by atoms with Crippen molar-refractivity contribution in [1.82, 2.24) is 9.59 Å². The van der Waals surface area contributed by atoms with Gasteiger partial charge in [-0.05, 0) is 36.1 Å². The van der Waals surface area contributed by atoms with Crippen molar-refractivity contribution in [3.05, 3.63) is 35.0 Å². The number of anilines is 1. The van der Waals surface area contributed by atoms with Gasteiger partial charge >= 0.3 is 0 Å². The molecular formula is C14H19N3OS. The van der Waals surface area contributed by atoms with Gasteiger partial charge in [-0.1, -0.05) is 24.4 Å². The Kier molecular flexibility index (Phi) is 4.37. The molecule has 5 heteroatoms. The first-order valence-corrected chi connectivity index (χ1v) is 7.11. The molecular weight excluding hydrogens is 258 g/mol. The van der Waals surface area contributed by atoms with Crippen LogP contribution in [-0.2, 0) is 6.61 Å². The highest BCUT2D eigenvalue weighted by atomic mass is 32.1. The summed E-state index contributed by atoms with van der Waals surface area (Å²) >= 11 is 1.34. The first kappa shape index (κ1) is 13.8. The molecule has 1 aromatic carbocycles. The molecule has 0 fully saturated rings. The van der Waals surface area contributed by atoms with Crippen LogP contribution in [0.3, 0.4) is 0 Å². The predicted molar refractivity (Wildman–Crippen MR) is 79.1 cm³/mol. The number of aryl methyl sites for hydroxylation is 1. The quantitative estimate of drug-likeness (QED) is 0.907. The van der Waals surface area contributed by atoms with Crippen LogP contribution in [0.4, 0.5) is 5.00 Å². The van der Waals surface area contributed by atoms with Gasteiger partial charge in [-0.25, -0.2) is 0 Å². The van der Waals surface area contributed by atoms with Crippen LogP contribution in [0.5, 0.6) is 5.75 Å². The van der Waals surface area contributed by atoms with E-state index in [0.717, 1.165) is 16.4 Å². The van der Waals surface area contributed by atoms with Gasteiger partial charge in [0.2, 0.25) is 0 Å². The van der Waals surface area contributed by atoms with E-state index in [-0.39, 0.29) is 0 Å². The molecule has 4 nitrogen and oxygen atoms in total. The van der Waals surface area contributed by atoms with E-state index in [0.29, 0.717) is 12.5 Å². The summed E-state index contributed by atoms with van der Waals surface area (Å²) in [6.07, 6.45) is 0. The minimum absolute atomic E-state index is 0.438. The summed E-state index contributed by atoms with van der Waals surface area (Å²) in [4.78, 5) is 0. The molecule has 0 bridgehead atoms. The summed E-state index contributed by atoms with van der Waals surface area (Å²) in [5.74, 6) is 1.41. The zero-order valence-corrected chi connectivity index (χ0v) is 12.5. The first-order chi connectivity index (χ1) is 9.11. The molecule has 1 aromatic heterocycles. The van der Waals surface area contributed by atoms with E-state index in [4.69, 9.17) is 4.74 Å². The lowest BCUT2D eigenvalue weighted by Gasteiger charge is -2.12. The van der Waals surface area contributed by atoms with Crippen LogP contribution in [0.1, 0.15) is 36.6 Å². The Morgan fingerprint density at radius 3 is 2.79 bits per heavy atom. The highest BCUT2D eigenvalue weighted by Crippen LogP contribution is 2.25. The third-order valence-corrected chi connectivity index (χ3v) is 3.81. The number of nitrogens with one attached hydrogen (secondary N) is 1. The Morgan fingerprint density at radius 2 is 2.16 bits per heavy atom. The van der Waals surface area contributed by atoms with Crippen molar-refractivity contribution >= 4 is 16.5 Å². The fourth-order valence-electron chi connectivity index (χ4n) is 2.03. The van der Waals surface area contributed by atoms with E-state index in [1.807, 2.05) is 13.1 Å². The second-order valence-electron chi connectivity index (χ2n) is 4.76. The lowest BCUT2D eigenvalue weighted by molar-refractivity contribution is 0.301. The van der Waals surface area contributed by atoms with E-state index >= 15 is 0 Å². The van der Waals surface area contributed by atoms with E-state index in [9.17, 15) is 0 Å². The Morgan fingerprint density at radius 1 is 1.37 bits per heavy atom. The van der Waals surface area contributed by atoms with Gasteiger partial charge in [-0.15, -0.1) is 5.10 Å². The molecule has 0 aliphatic rings. The molecule has 0 saturated carbocycles. The maximum Gasteiger partial charge on any atom is 0.136 e. The normalized spacial score (nSPS) is 10.8. The minimum Gasteiger partial charge on any atom is -0.487 e. The fourth-order valence-corrected chi connectivity index (χ4v) is 2.55. The molecule has 0 unspecified atom stereocenters. The maximum atomic E-state index is 5.77. The number of nitrogens with zero attached hydrogens (tertiary/aromatic N) is 2. The van der Waals surface area contributed by atoms with E-state index in [1.54, 1.807) is 0 Å². The smallest absolute Gasteiger partial charge is 0.136 e. The standard InChI is InChI=1S/C14H19N3OS/c1-9(2)12-6-5-11(7-10(12)3)18-8-13-14(15-4)19-17-16-13/h5-7,9,15H,8H2,1-4H3. The zero-order valence-electron chi connectivity index (χ0n) is 11.7. The summed E-state index contributed by atoms with van der Waals surface area (Å²) < 4.78 is 9.68. The predicted octanol–water partition coefficient (Wildman–Crippen LogP) is 3.59. The molecule has 1 N–H and O–H groups in total. The maximum absolute atomic E-state index is 5.77. The van der Waals surface area contributed by atoms with Gasteiger partial charge in [-0.3, -0.25) is 0 Å². The van der Waals surface area contributed by atoms with Crippen molar-refractivity contribution in [3.63, 3.8) is 0 Å². The monoisotopic (exact) mass is 277 g/mol. The van der Waals surface area contributed by atoms with Crippen LogP contribution in [0.15, 0.2) is 18.2 Å². The van der Waals surface area contributed by atoms with Crippen LogP contribution >= 0.6 is 11.5 Å². The van der Waals surface area contributed by atoms with Gasteiger partial charge in [0.1, 0.15) is 23.1 Å². The lowest BCUT2D eigenvalue weighted by Crippen LogP contribution is -2.00. The number of rotatable bonds is 5. The third kappa shape index (κ3) is 3.23. The first-order valence-electron chi connectivity index (χ1n) is 6.34. The second-order valence-corrected chi connectivity index (χ2v) is 5.51. The van der Waals surface area contributed by atoms with Crippen molar-refractivity contribution in [2.75, 3.05) is 12.4 Å². The van der Waals surface area contributed by atoms with Gasteiger partial charge in [0.15, 0.2) is 0 Å².